The molecule has 0 rings (SSSR count). The van der Waals surface area contributed by atoms with Crippen LogP contribution >= 0.6 is 0 Å². The first-order valence-electron chi connectivity index (χ1n) is 8.54. The van der Waals surface area contributed by atoms with Crippen LogP contribution in [0.5, 0.6) is 0 Å². The van der Waals surface area contributed by atoms with Gasteiger partial charge in [-0.2, -0.15) is 4.99 Å². The Kier molecular flexibility index (Phi) is 17.6. The van der Waals surface area contributed by atoms with Crippen molar-refractivity contribution in [2.75, 3.05) is 13.1 Å². The van der Waals surface area contributed by atoms with Crippen LogP contribution in [-0.4, -0.2) is 29.9 Å². The fourth-order valence-corrected chi connectivity index (χ4v) is 1.98. The molecule has 0 unspecified atom stereocenters. The zero-order chi connectivity index (χ0) is 16.5. The van der Waals surface area contributed by atoms with Gasteiger partial charge < -0.3 is 16.4 Å². The highest BCUT2D eigenvalue weighted by atomic mass is 15.3. The molecule has 0 aromatic heterocycles. The lowest BCUT2D eigenvalue weighted by atomic mass is 10.2. The van der Waals surface area contributed by atoms with Crippen LogP contribution in [0.1, 0.15) is 79.1 Å². The summed E-state index contributed by atoms with van der Waals surface area (Å²) >= 11 is 0. The van der Waals surface area contributed by atoms with E-state index in [9.17, 15) is 0 Å². The van der Waals surface area contributed by atoms with Crippen molar-refractivity contribution >= 4 is 11.9 Å². The summed E-state index contributed by atoms with van der Waals surface area (Å²) in [4.78, 5) is 5.85. The summed E-state index contributed by atoms with van der Waals surface area (Å²) in [5.74, 6) is 0.171. The highest BCUT2D eigenvalue weighted by Gasteiger charge is 2.08. The molecule has 0 atom stereocenters. The predicted octanol–water partition coefficient (Wildman–Crippen LogP) is 3.68. The summed E-state index contributed by atoms with van der Waals surface area (Å²) in [6, 6.07) is 0. The maximum Gasteiger partial charge on any atom is 0.221 e. The number of aliphatic imine (C=N–C) groups is 1. The molecule has 0 saturated heterocycles. The first-order valence-corrected chi connectivity index (χ1v) is 8.54. The van der Waals surface area contributed by atoms with E-state index < -0.39 is 0 Å². The van der Waals surface area contributed by atoms with Crippen LogP contribution in [0.25, 0.3) is 0 Å². The number of nitrogens with zero attached hydrogens (tertiary/aromatic N) is 2. The lowest BCUT2D eigenvalue weighted by Gasteiger charge is -2.22. The summed E-state index contributed by atoms with van der Waals surface area (Å²) in [6.07, 6.45) is 9.56. The van der Waals surface area contributed by atoms with E-state index in [0.29, 0.717) is 0 Å². The van der Waals surface area contributed by atoms with Crippen molar-refractivity contribution in [1.82, 2.24) is 4.90 Å². The topological polar surface area (TPSA) is 91.5 Å². The van der Waals surface area contributed by atoms with Gasteiger partial charge in [0.2, 0.25) is 5.96 Å². The Morgan fingerprint density at radius 2 is 1.29 bits per heavy atom. The first kappa shape index (κ1) is 22.0. The summed E-state index contributed by atoms with van der Waals surface area (Å²) in [5.41, 5.74) is 10.7. The molecule has 5 nitrogen and oxygen atoms in total. The highest BCUT2D eigenvalue weighted by molar-refractivity contribution is 5.91. The van der Waals surface area contributed by atoms with Crippen LogP contribution in [0.15, 0.2) is 4.99 Å². The molecule has 126 valence electrons. The zero-order valence-electron chi connectivity index (χ0n) is 14.6. The summed E-state index contributed by atoms with van der Waals surface area (Å²) in [5, 5.41) is 7.92. The monoisotopic (exact) mass is 299 g/mol. The molecule has 0 fully saturated rings. The Balaban J connectivity index is 0. The van der Waals surface area contributed by atoms with Crippen LogP contribution in [0, 0.1) is 5.41 Å². The lowest BCUT2D eigenvalue weighted by molar-refractivity contribution is 0.381. The molecule has 21 heavy (non-hydrogen) atoms. The number of nitrogens with one attached hydrogen (secondary N) is 1. The van der Waals surface area contributed by atoms with Gasteiger partial charge in [0.15, 0.2) is 5.96 Å². The van der Waals surface area contributed by atoms with E-state index in [4.69, 9.17) is 16.9 Å². The Hall–Kier alpha value is -1.26. The smallest absolute Gasteiger partial charge is 0.221 e. The maximum atomic E-state index is 7.92. The van der Waals surface area contributed by atoms with Crippen molar-refractivity contribution in [2.24, 2.45) is 16.5 Å². The second-order valence-electron chi connectivity index (χ2n) is 4.97. The van der Waals surface area contributed by atoms with Crippen molar-refractivity contribution in [3.8, 4) is 0 Å². The average molecular weight is 300 g/mol. The molecule has 0 bridgehead atoms. The number of guanidine groups is 2. The quantitative estimate of drug-likeness (QED) is 0.326. The van der Waals surface area contributed by atoms with Gasteiger partial charge in [0.25, 0.3) is 0 Å². The lowest BCUT2D eigenvalue weighted by Crippen LogP contribution is -2.34. The van der Waals surface area contributed by atoms with Gasteiger partial charge in [-0.05, 0) is 12.8 Å². The third-order valence-electron chi connectivity index (χ3n) is 3.10. The number of hydrogen-bond donors (Lipinski definition) is 3. The molecule has 0 aromatic carbocycles. The summed E-state index contributed by atoms with van der Waals surface area (Å²) in [6.45, 7) is 10.2. The predicted molar refractivity (Wildman–Crippen MR) is 94.7 cm³/mol. The van der Waals surface area contributed by atoms with E-state index in [-0.39, 0.29) is 11.9 Å². The molecule has 5 N–H and O–H groups in total. The van der Waals surface area contributed by atoms with E-state index in [1.807, 2.05) is 18.7 Å². The Morgan fingerprint density at radius 1 is 0.857 bits per heavy atom. The maximum absolute atomic E-state index is 7.92. The average Bonchev–Trinajstić information content (AvgIpc) is 2.47. The number of nitrogens with two attached hydrogens (primary N) is 2. The molecule has 0 spiro atoms. The van der Waals surface area contributed by atoms with E-state index in [2.05, 4.69) is 18.8 Å². The largest absolute Gasteiger partial charge is 0.370 e. The second-order valence-corrected chi connectivity index (χ2v) is 4.97. The molecule has 0 aliphatic heterocycles. The standard InChI is InChI=1S/C14H31N5.C2H6/c1-3-5-7-9-11-19(12-10-8-6-4-2)14(17)18-13(15)16;1-2/h3-12H2,1-2H3,(H5,15,16,17,18);1-2H3. The number of hydrogen-bond acceptors (Lipinski definition) is 1. The molecule has 0 radical (unpaired) electrons. The van der Waals surface area contributed by atoms with Crippen molar-refractivity contribution in [3.05, 3.63) is 0 Å². The SMILES string of the molecule is CC.CCCCCCN(CCCCCC)C(=N)N=C(N)N. The van der Waals surface area contributed by atoms with Crippen LogP contribution in [0.4, 0.5) is 0 Å². The van der Waals surface area contributed by atoms with Gasteiger partial charge in [-0.1, -0.05) is 66.2 Å². The minimum atomic E-state index is -0.0304. The fourth-order valence-electron chi connectivity index (χ4n) is 1.98. The molecular weight excluding hydrogens is 262 g/mol. The van der Waals surface area contributed by atoms with Crippen molar-refractivity contribution < 1.29 is 0 Å². The molecular formula is C16H37N5. The van der Waals surface area contributed by atoms with Gasteiger partial charge in [0, 0.05) is 13.1 Å². The van der Waals surface area contributed by atoms with Crippen LogP contribution in [0.3, 0.4) is 0 Å². The molecule has 0 heterocycles. The van der Waals surface area contributed by atoms with E-state index in [1.54, 1.807) is 0 Å². The summed E-state index contributed by atoms with van der Waals surface area (Å²) in [7, 11) is 0. The third kappa shape index (κ3) is 15.0. The van der Waals surface area contributed by atoms with Crippen LogP contribution in [-0.2, 0) is 0 Å². The molecule has 0 aromatic rings. The van der Waals surface area contributed by atoms with E-state index in [1.165, 1.54) is 38.5 Å². The Labute approximate surface area is 131 Å². The van der Waals surface area contributed by atoms with Crippen LogP contribution < -0.4 is 11.5 Å². The number of unbranched alkanes of at least 4 members (excludes halogenated alkanes) is 6. The van der Waals surface area contributed by atoms with Crippen molar-refractivity contribution in [1.29, 1.82) is 5.41 Å². The van der Waals surface area contributed by atoms with Crippen LogP contribution in [0.2, 0.25) is 0 Å². The number of rotatable bonds is 10. The summed E-state index contributed by atoms with van der Waals surface area (Å²) < 4.78 is 0. The van der Waals surface area contributed by atoms with Crippen molar-refractivity contribution in [3.63, 3.8) is 0 Å². The van der Waals surface area contributed by atoms with Gasteiger partial charge in [0.1, 0.15) is 0 Å². The molecule has 0 saturated carbocycles. The molecule has 0 amide bonds. The normalized spacial score (nSPS) is 9.52. The Bertz CT molecular complexity index is 247. The van der Waals surface area contributed by atoms with E-state index in [0.717, 1.165) is 25.9 Å². The van der Waals surface area contributed by atoms with Gasteiger partial charge in [-0.3, -0.25) is 5.41 Å². The zero-order valence-corrected chi connectivity index (χ0v) is 14.6. The van der Waals surface area contributed by atoms with Crippen molar-refractivity contribution in [2.45, 2.75) is 79.1 Å². The van der Waals surface area contributed by atoms with Gasteiger partial charge in [0.05, 0.1) is 0 Å². The van der Waals surface area contributed by atoms with E-state index >= 15 is 0 Å². The second kappa shape index (κ2) is 16.8. The Morgan fingerprint density at radius 3 is 1.62 bits per heavy atom. The minimum Gasteiger partial charge on any atom is -0.370 e. The molecule has 0 aliphatic rings. The highest BCUT2D eigenvalue weighted by Crippen LogP contribution is 2.06. The first-order chi connectivity index (χ1) is 10.1. The van der Waals surface area contributed by atoms with Gasteiger partial charge >= 0.3 is 0 Å². The molecule has 0 aliphatic carbocycles. The third-order valence-corrected chi connectivity index (χ3v) is 3.10. The minimum absolute atomic E-state index is 0.0304. The van der Waals surface area contributed by atoms with Gasteiger partial charge in [-0.25, -0.2) is 0 Å². The molecule has 5 heteroatoms. The fraction of sp³-hybridized carbons (Fsp3) is 0.875. The van der Waals surface area contributed by atoms with Gasteiger partial charge in [-0.15, -0.1) is 0 Å².